The Hall–Kier alpha value is -0.840. The Morgan fingerprint density at radius 2 is 2.62 bits per heavy atom. The number of nitrogens with zero attached hydrogens (tertiary/aromatic N) is 1. The molecule has 1 heterocycles. The fourth-order valence-electron chi connectivity index (χ4n) is 0.729. The zero-order valence-electron chi connectivity index (χ0n) is 7.29. The van der Waals surface area contributed by atoms with E-state index < -0.39 is 0 Å². The molecular formula is C8H11BrN2O2. The molecule has 1 aromatic heterocycles. The molecule has 1 rings (SSSR count). The molecule has 1 N–H and O–H groups in total. The Morgan fingerprint density at radius 3 is 3.15 bits per heavy atom. The Balaban J connectivity index is 2.35. The fraction of sp³-hybridized carbons (Fsp3) is 0.500. The number of rotatable bonds is 4. The van der Waals surface area contributed by atoms with E-state index in [-0.39, 0.29) is 10.8 Å². The first-order valence-electron chi connectivity index (χ1n) is 4.03. The van der Waals surface area contributed by atoms with Crippen LogP contribution in [0.1, 0.15) is 23.8 Å². The lowest BCUT2D eigenvalue weighted by Crippen LogP contribution is -2.13. The van der Waals surface area contributed by atoms with Gasteiger partial charge in [-0.1, -0.05) is 22.9 Å². The van der Waals surface area contributed by atoms with Crippen molar-refractivity contribution in [2.45, 2.75) is 18.2 Å². The standard InChI is InChI=1S/C8H11BrN2O2/c1-2-6(9)4-13-8(12)7-3-10-5-11-7/h3,5-6H,2,4H2,1H3,(H,10,11). The largest absolute Gasteiger partial charge is 0.460 e. The molecule has 0 aliphatic heterocycles. The molecule has 4 nitrogen and oxygen atoms in total. The van der Waals surface area contributed by atoms with E-state index >= 15 is 0 Å². The fourth-order valence-corrected chi connectivity index (χ4v) is 0.861. The molecule has 0 aromatic carbocycles. The van der Waals surface area contributed by atoms with Crippen molar-refractivity contribution in [3.05, 3.63) is 18.2 Å². The van der Waals surface area contributed by atoms with Crippen molar-refractivity contribution in [3.8, 4) is 0 Å². The van der Waals surface area contributed by atoms with E-state index in [9.17, 15) is 4.79 Å². The van der Waals surface area contributed by atoms with E-state index in [1.807, 2.05) is 6.92 Å². The molecule has 5 heteroatoms. The Bertz CT molecular complexity index is 261. The number of alkyl halides is 1. The molecule has 0 aliphatic rings. The summed E-state index contributed by atoms with van der Waals surface area (Å²) in [6.07, 6.45) is 3.82. The first-order chi connectivity index (χ1) is 6.24. The van der Waals surface area contributed by atoms with Crippen molar-refractivity contribution in [1.82, 2.24) is 9.97 Å². The maximum absolute atomic E-state index is 11.2. The molecule has 13 heavy (non-hydrogen) atoms. The number of carbonyl (C=O) groups excluding carboxylic acids is 1. The van der Waals surface area contributed by atoms with Crippen LogP contribution in [-0.4, -0.2) is 27.4 Å². The smallest absolute Gasteiger partial charge is 0.356 e. The number of hydrogen-bond acceptors (Lipinski definition) is 3. The van der Waals surface area contributed by atoms with Gasteiger partial charge in [-0.3, -0.25) is 0 Å². The lowest BCUT2D eigenvalue weighted by Gasteiger charge is -2.06. The highest BCUT2D eigenvalue weighted by Crippen LogP contribution is 2.05. The number of imidazole rings is 1. The van der Waals surface area contributed by atoms with Crippen LogP contribution in [0.4, 0.5) is 0 Å². The molecule has 0 aliphatic carbocycles. The van der Waals surface area contributed by atoms with Crippen LogP contribution in [-0.2, 0) is 4.74 Å². The van der Waals surface area contributed by atoms with E-state index in [1.165, 1.54) is 12.5 Å². The number of hydrogen-bond donors (Lipinski definition) is 1. The van der Waals surface area contributed by atoms with Gasteiger partial charge in [0.05, 0.1) is 12.5 Å². The van der Waals surface area contributed by atoms with E-state index in [4.69, 9.17) is 4.74 Å². The van der Waals surface area contributed by atoms with Crippen LogP contribution in [0.25, 0.3) is 0 Å². The first-order valence-corrected chi connectivity index (χ1v) is 4.95. The summed E-state index contributed by atoms with van der Waals surface area (Å²) >= 11 is 3.37. The summed E-state index contributed by atoms with van der Waals surface area (Å²) in [5.41, 5.74) is 0.385. The van der Waals surface area contributed by atoms with Gasteiger partial charge in [-0.2, -0.15) is 0 Å². The number of ether oxygens (including phenoxy) is 1. The predicted molar refractivity (Wildman–Crippen MR) is 51.9 cm³/mol. The average Bonchev–Trinajstić information content (AvgIpc) is 2.66. The number of H-pyrrole nitrogens is 1. The second-order valence-corrected chi connectivity index (χ2v) is 3.86. The Kier molecular flexibility index (Phi) is 3.95. The summed E-state index contributed by atoms with van der Waals surface area (Å²) in [6.45, 7) is 2.40. The highest BCUT2D eigenvalue weighted by Gasteiger charge is 2.10. The molecule has 0 amide bonds. The molecule has 0 bridgehead atoms. The van der Waals surface area contributed by atoms with Crippen LogP contribution in [0.15, 0.2) is 12.5 Å². The lowest BCUT2D eigenvalue weighted by atomic mass is 10.3. The maximum atomic E-state index is 11.2. The third-order valence-corrected chi connectivity index (χ3v) is 2.47. The van der Waals surface area contributed by atoms with Crippen LogP contribution >= 0.6 is 15.9 Å². The monoisotopic (exact) mass is 246 g/mol. The molecule has 0 spiro atoms. The molecule has 1 aromatic rings. The normalized spacial score (nSPS) is 12.5. The van der Waals surface area contributed by atoms with Crippen molar-refractivity contribution in [3.63, 3.8) is 0 Å². The van der Waals surface area contributed by atoms with Gasteiger partial charge in [0.2, 0.25) is 0 Å². The molecule has 0 saturated heterocycles. The van der Waals surface area contributed by atoms with Gasteiger partial charge in [0.25, 0.3) is 0 Å². The third kappa shape index (κ3) is 3.18. The third-order valence-electron chi connectivity index (χ3n) is 1.56. The van der Waals surface area contributed by atoms with Gasteiger partial charge in [0, 0.05) is 4.83 Å². The number of nitrogens with one attached hydrogen (secondary N) is 1. The molecule has 1 atom stereocenters. The second kappa shape index (κ2) is 5.01. The summed E-state index contributed by atoms with van der Waals surface area (Å²) in [4.78, 5) is 17.8. The zero-order valence-corrected chi connectivity index (χ0v) is 8.87. The number of carbonyl (C=O) groups is 1. The summed E-state index contributed by atoms with van der Waals surface area (Å²) in [6, 6.07) is 0. The summed E-state index contributed by atoms with van der Waals surface area (Å²) < 4.78 is 4.98. The SMILES string of the molecule is CCC(Br)COC(=O)c1cnc[nH]1. The van der Waals surface area contributed by atoms with Gasteiger partial charge in [-0.15, -0.1) is 0 Å². The topological polar surface area (TPSA) is 55.0 Å². The van der Waals surface area contributed by atoms with Crippen molar-refractivity contribution < 1.29 is 9.53 Å². The van der Waals surface area contributed by atoms with Crippen molar-refractivity contribution in [2.75, 3.05) is 6.61 Å². The van der Waals surface area contributed by atoms with Crippen LogP contribution < -0.4 is 0 Å². The van der Waals surface area contributed by atoms with Crippen LogP contribution in [0, 0.1) is 0 Å². The highest BCUT2D eigenvalue weighted by atomic mass is 79.9. The molecule has 1 unspecified atom stereocenters. The Labute approximate surface area is 84.8 Å². The van der Waals surface area contributed by atoms with Crippen molar-refractivity contribution in [2.24, 2.45) is 0 Å². The predicted octanol–water partition coefficient (Wildman–Crippen LogP) is 1.74. The summed E-state index contributed by atoms with van der Waals surface area (Å²) in [5.74, 6) is -0.365. The molecular weight excluding hydrogens is 236 g/mol. The minimum atomic E-state index is -0.365. The number of halogens is 1. The van der Waals surface area contributed by atoms with Gasteiger partial charge >= 0.3 is 5.97 Å². The zero-order chi connectivity index (χ0) is 9.68. The number of aromatic amines is 1. The van der Waals surface area contributed by atoms with Gasteiger partial charge in [0.1, 0.15) is 12.3 Å². The van der Waals surface area contributed by atoms with Crippen LogP contribution in [0.2, 0.25) is 0 Å². The minimum Gasteiger partial charge on any atom is -0.460 e. The van der Waals surface area contributed by atoms with E-state index in [2.05, 4.69) is 25.9 Å². The molecule has 72 valence electrons. The number of esters is 1. The van der Waals surface area contributed by atoms with Gasteiger partial charge in [-0.25, -0.2) is 9.78 Å². The molecule has 0 saturated carbocycles. The van der Waals surface area contributed by atoms with Crippen molar-refractivity contribution >= 4 is 21.9 Å². The average molecular weight is 247 g/mol. The lowest BCUT2D eigenvalue weighted by molar-refractivity contribution is 0.0501. The van der Waals surface area contributed by atoms with E-state index in [0.717, 1.165) is 6.42 Å². The van der Waals surface area contributed by atoms with Gasteiger partial charge < -0.3 is 9.72 Å². The second-order valence-electron chi connectivity index (χ2n) is 2.57. The van der Waals surface area contributed by atoms with E-state index in [1.54, 1.807) is 0 Å². The molecule has 0 fully saturated rings. The number of aromatic nitrogens is 2. The summed E-state index contributed by atoms with van der Waals surface area (Å²) in [5, 5.41) is 0. The minimum absolute atomic E-state index is 0.222. The van der Waals surface area contributed by atoms with Crippen LogP contribution in [0.5, 0.6) is 0 Å². The first kappa shape index (κ1) is 10.2. The summed E-state index contributed by atoms with van der Waals surface area (Å²) in [7, 11) is 0. The van der Waals surface area contributed by atoms with E-state index in [0.29, 0.717) is 12.3 Å². The Morgan fingerprint density at radius 1 is 1.85 bits per heavy atom. The maximum Gasteiger partial charge on any atom is 0.356 e. The van der Waals surface area contributed by atoms with Gasteiger partial charge in [-0.05, 0) is 6.42 Å². The van der Waals surface area contributed by atoms with Crippen LogP contribution in [0.3, 0.4) is 0 Å². The van der Waals surface area contributed by atoms with Crippen molar-refractivity contribution in [1.29, 1.82) is 0 Å². The quantitative estimate of drug-likeness (QED) is 0.651. The van der Waals surface area contributed by atoms with Gasteiger partial charge in [0.15, 0.2) is 0 Å². The highest BCUT2D eigenvalue weighted by molar-refractivity contribution is 9.09. The molecule has 0 radical (unpaired) electrons.